The Kier molecular flexibility index (Phi) is 7.01. The van der Waals surface area contributed by atoms with E-state index in [0.29, 0.717) is 40.4 Å². The molecule has 5 heterocycles. The summed E-state index contributed by atoms with van der Waals surface area (Å²) in [7, 11) is 0. The molecular formula is C28H24Cl2FN9O3. The van der Waals surface area contributed by atoms with E-state index in [4.69, 9.17) is 23.2 Å². The second kappa shape index (κ2) is 10.6. The number of H-pyrrole nitrogens is 1. The molecule has 5 aromatic rings. The highest BCUT2D eigenvalue weighted by Gasteiger charge is 2.32. The van der Waals surface area contributed by atoms with E-state index in [0.717, 1.165) is 10.6 Å². The van der Waals surface area contributed by atoms with E-state index in [1.165, 1.54) is 29.2 Å². The number of fused-ring (bicyclic) bond motifs is 1. The molecule has 43 heavy (non-hydrogen) atoms. The first-order chi connectivity index (χ1) is 20.4. The van der Waals surface area contributed by atoms with Gasteiger partial charge in [-0.2, -0.15) is 9.07 Å². The normalized spacial score (nSPS) is 14.6. The SMILES string of the molecule is CC(C)(C)N(C(=O)O)c1ccc(-c2nc(Cl)c(C3CCc4cc(-c5cc(Cl)ccc5-n5cnnn5)cc(=O)n43)[nH]2)c(F)n1. The maximum absolute atomic E-state index is 15.2. The van der Waals surface area contributed by atoms with Crippen LogP contribution in [0.3, 0.4) is 0 Å². The van der Waals surface area contributed by atoms with Crippen molar-refractivity contribution in [2.45, 2.75) is 45.2 Å². The van der Waals surface area contributed by atoms with Crippen molar-refractivity contribution in [3.8, 4) is 28.2 Å². The zero-order valence-electron chi connectivity index (χ0n) is 23.1. The number of halogens is 3. The van der Waals surface area contributed by atoms with Crippen LogP contribution in [0.4, 0.5) is 15.0 Å². The smallest absolute Gasteiger partial charge is 0.413 e. The van der Waals surface area contributed by atoms with E-state index in [2.05, 4.69) is 30.5 Å². The number of aryl methyl sites for hydroxylation is 1. The van der Waals surface area contributed by atoms with Gasteiger partial charge in [-0.15, -0.1) is 5.10 Å². The van der Waals surface area contributed by atoms with Gasteiger partial charge in [0.1, 0.15) is 18.0 Å². The third-order valence-corrected chi connectivity index (χ3v) is 7.72. The second-order valence-electron chi connectivity index (χ2n) is 11.0. The highest BCUT2D eigenvalue weighted by Crippen LogP contribution is 2.37. The van der Waals surface area contributed by atoms with Gasteiger partial charge in [0.15, 0.2) is 5.15 Å². The number of nitrogens with one attached hydrogen (secondary N) is 1. The summed E-state index contributed by atoms with van der Waals surface area (Å²) < 4.78 is 18.4. The maximum atomic E-state index is 15.2. The van der Waals surface area contributed by atoms with Crippen LogP contribution in [-0.4, -0.2) is 56.5 Å². The molecule has 1 atom stereocenters. The van der Waals surface area contributed by atoms with Gasteiger partial charge >= 0.3 is 6.09 Å². The average molecular weight is 624 g/mol. The molecule has 15 heteroatoms. The molecule has 1 amide bonds. The minimum absolute atomic E-state index is 0.00755. The number of imidazole rings is 1. The molecule has 0 fully saturated rings. The number of hydrogen-bond donors (Lipinski definition) is 2. The Morgan fingerprint density at radius 3 is 2.58 bits per heavy atom. The molecule has 2 N–H and O–H groups in total. The van der Waals surface area contributed by atoms with E-state index in [9.17, 15) is 14.7 Å². The van der Waals surface area contributed by atoms with Crippen molar-refractivity contribution in [3.63, 3.8) is 0 Å². The Hall–Kier alpha value is -4.62. The molecule has 0 aliphatic carbocycles. The monoisotopic (exact) mass is 623 g/mol. The summed E-state index contributed by atoms with van der Waals surface area (Å²) in [5.74, 6) is -0.870. The Labute approximate surface area is 253 Å². The molecular weight excluding hydrogens is 600 g/mol. The summed E-state index contributed by atoms with van der Waals surface area (Å²) in [5.41, 5.74) is 2.11. The first-order valence-electron chi connectivity index (χ1n) is 13.2. The van der Waals surface area contributed by atoms with Gasteiger partial charge in [-0.1, -0.05) is 23.2 Å². The molecule has 4 aromatic heterocycles. The van der Waals surface area contributed by atoms with Crippen molar-refractivity contribution in [1.82, 2.24) is 39.7 Å². The van der Waals surface area contributed by atoms with E-state index < -0.39 is 23.6 Å². The Balaban J connectivity index is 1.35. The molecule has 0 radical (unpaired) electrons. The summed E-state index contributed by atoms with van der Waals surface area (Å²) in [6, 6.07) is 11.0. The van der Waals surface area contributed by atoms with Crippen molar-refractivity contribution < 1.29 is 14.3 Å². The summed E-state index contributed by atoms with van der Waals surface area (Å²) in [4.78, 5) is 37.6. The number of anilines is 1. The lowest BCUT2D eigenvalue weighted by molar-refractivity contribution is 0.195. The van der Waals surface area contributed by atoms with Crippen LogP contribution in [0.25, 0.3) is 28.2 Å². The number of amides is 1. The Morgan fingerprint density at radius 2 is 1.91 bits per heavy atom. The summed E-state index contributed by atoms with van der Waals surface area (Å²) in [6.07, 6.45) is 1.32. The first kappa shape index (κ1) is 28.5. The fraction of sp³-hybridized carbons (Fsp3) is 0.250. The largest absolute Gasteiger partial charge is 0.465 e. The summed E-state index contributed by atoms with van der Waals surface area (Å²) >= 11 is 12.8. The topological polar surface area (TPSA) is 148 Å². The number of rotatable bonds is 5. The van der Waals surface area contributed by atoms with Crippen LogP contribution in [0.5, 0.6) is 0 Å². The Morgan fingerprint density at radius 1 is 1.12 bits per heavy atom. The fourth-order valence-corrected chi connectivity index (χ4v) is 5.83. The summed E-state index contributed by atoms with van der Waals surface area (Å²) in [5, 5.41) is 21.6. The number of benzene rings is 1. The first-order valence-corrected chi connectivity index (χ1v) is 13.9. The van der Waals surface area contributed by atoms with Crippen LogP contribution in [0, 0.1) is 5.95 Å². The average Bonchev–Trinajstić information content (AvgIpc) is 3.68. The molecule has 6 rings (SSSR count). The molecule has 1 aromatic carbocycles. The number of tetrazole rings is 1. The number of aromatic amines is 1. The molecule has 0 saturated heterocycles. The summed E-state index contributed by atoms with van der Waals surface area (Å²) in [6.45, 7) is 5.04. The molecule has 1 aliphatic heterocycles. The predicted molar refractivity (Wildman–Crippen MR) is 157 cm³/mol. The van der Waals surface area contributed by atoms with Gasteiger partial charge in [0.2, 0.25) is 5.95 Å². The third-order valence-electron chi connectivity index (χ3n) is 7.20. The van der Waals surface area contributed by atoms with E-state index in [1.54, 1.807) is 43.5 Å². The van der Waals surface area contributed by atoms with Gasteiger partial charge in [-0.25, -0.2) is 14.8 Å². The van der Waals surface area contributed by atoms with E-state index >= 15 is 4.39 Å². The van der Waals surface area contributed by atoms with Crippen LogP contribution in [0.1, 0.15) is 44.6 Å². The van der Waals surface area contributed by atoms with Gasteiger partial charge in [-0.05, 0) is 86.0 Å². The Bertz CT molecular complexity index is 1930. The van der Waals surface area contributed by atoms with Gasteiger partial charge in [0.05, 0.1) is 23.0 Å². The quantitative estimate of drug-likeness (QED) is 0.242. The van der Waals surface area contributed by atoms with Crippen LogP contribution < -0.4 is 10.5 Å². The van der Waals surface area contributed by atoms with Crippen molar-refractivity contribution in [2.24, 2.45) is 0 Å². The lowest BCUT2D eigenvalue weighted by Gasteiger charge is -2.32. The number of aromatic nitrogens is 8. The minimum atomic E-state index is -1.26. The highest BCUT2D eigenvalue weighted by molar-refractivity contribution is 6.31. The molecule has 0 bridgehead atoms. The fourth-order valence-electron chi connectivity index (χ4n) is 5.40. The molecule has 0 spiro atoms. The van der Waals surface area contributed by atoms with Crippen molar-refractivity contribution >= 4 is 35.1 Å². The molecule has 12 nitrogen and oxygen atoms in total. The van der Waals surface area contributed by atoms with Crippen molar-refractivity contribution in [1.29, 1.82) is 0 Å². The van der Waals surface area contributed by atoms with Crippen LogP contribution >= 0.6 is 23.2 Å². The number of nitrogens with zero attached hydrogens (tertiary/aromatic N) is 8. The zero-order valence-corrected chi connectivity index (χ0v) is 24.6. The van der Waals surface area contributed by atoms with Crippen LogP contribution in [0.15, 0.2) is 53.6 Å². The van der Waals surface area contributed by atoms with Crippen molar-refractivity contribution in [2.75, 3.05) is 4.90 Å². The standard InChI is InChI=1S/C28H24Cl2FN9O3/c1-28(2,3)40(27(42)43)21-9-6-17(25(31)33-21)26-34-23(24(30)35-26)20-8-5-16-10-14(11-22(41)39(16)20)18-12-15(29)4-7-19(18)38-13-32-36-37-38/h4,6-7,9-13,20H,5,8H2,1-3H3,(H,34,35)(H,42,43). The zero-order chi connectivity index (χ0) is 30.6. The lowest BCUT2D eigenvalue weighted by atomic mass is 10.0. The lowest BCUT2D eigenvalue weighted by Crippen LogP contribution is -2.45. The molecule has 1 aliphatic rings. The van der Waals surface area contributed by atoms with Gasteiger partial charge in [0.25, 0.3) is 5.56 Å². The van der Waals surface area contributed by atoms with Crippen LogP contribution in [-0.2, 0) is 6.42 Å². The molecule has 220 valence electrons. The number of pyridine rings is 2. The van der Waals surface area contributed by atoms with E-state index in [-0.39, 0.29) is 27.9 Å². The third kappa shape index (κ3) is 5.14. The maximum Gasteiger partial charge on any atom is 0.413 e. The van der Waals surface area contributed by atoms with Gasteiger partial charge in [0, 0.05) is 27.9 Å². The predicted octanol–water partition coefficient (Wildman–Crippen LogP) is 5.54. The number of carbonyl (C=O) groups is 1. The van der Waals surface area contributed by atoms with Crippen molar-refractivity contribution in [3.05, 3.63) is 86.7 Å². The molecule has 1 unspecified atom stereocenters. The second-order valence-corrected chi connectivity index (χ2v) is 11.8. The number of carboxylic acid groups (broad SMARTS) is 1. The van der Waals surface area contributed by atoms with Gasteiger partial charge in [-0.3, -0.25) is 9.69 Å². The number of hydrogen-bond acceptors (Lipinski definition) is 7. The van der Waals surface area contributed by atoms with Crippen LogP contribution in [0.2, 0.25) is 10.2 Å². The van der Waals surface area contributed by atoms with Gasteiger partial charge < -0.3 is 14.7 Å². The molecule has 0 saturated carbocycles. The minimum Gasteiger partial charge on any atom is -0.465 e. The highest BCUT2D eigenvalue weighted by atomic mass is 35.5. The van der Waals surface area contributed by atoms with E-state index in [1.807, 2.05) is 6.07 Å².